The van der Waals surface area contributed by atoms with Crippen LogP contribution in [-0.4, -0.2) is 16.2 Å². The predicted molar refractivity (Wildman–Crippen MR) is 77.6 cm³/mol. The Morgan fingerprint density at radius 3 is 2.60 bits per heavy atom. The molecule has 3 rings (SSSR count). The third kappa shape index (κ3) is 3.58. The Morgan fingerprint density at radius 2 is 1.95 bits per heavy atom. The van der Waals surface area contributed by atoms with Crippen LogP contribution < -0.4 is 4.74 Å². The molecule has 1 aliphatic carbocycles. The minimum Gasteiger partial charge on any atom is -0.490 e. The van der Waals surface area contributed by atoms with E-state index in [9.17, 15) is 5.11 Å². The average molecular weight is 269 g/mol. The first-order valence-corrected chi connectivity index (χ1v) is 7.16. The summed E-state index contributed by atoms with van der Waals surface area (Å²) in [5.41, 5.74) is 1.95. The molecular formula is C17H19NO2. The van der Waals surface area contributed by atoms with E-state index in [-0.39, 0.29) is 0 Å². The Kier molecular flexibility index (Phi) is 3.97. The van der Waals surface area contributed by atoms with E-state index >= 15 is 0 Å². The Morgan fingerprint density at radius 1 is 1.15 bits per heavy atom. The minimum atomic E-state index is -0.452. The molecule has 1 saturated carbocycles. The van der Waals surface area contributed by atoms with Crippen LogP contribution in [0.5, 0.6) is 5.75 Å². The van der Waals surface area contributed by atoms with Gasteiger partial charge < -0.3 is 9.84 Å². The van der Waals surface area contributed by atoms with Crippen LogP contribution in [0.4, 0.5) is 0 Å². The molecule has 1 aromatic heterocycles. The van der Waals surface area contributed by atoms with Crippen molar-refractivity contribution in [3.63, 3.8) is 0 Å². The lowest BCUT2D eigenvalue weighted by molar-refractivity contribution is 0.167. The second kappa shape index (κ2) is 6.06. The van der Waals surface area contributed by atoms with Crippen molar-refractivity contribution < 1.29 is 9.84 Å². The average Bonchev–Trinajstić information content (AvgIpc) is 3.31. The summed E-state index contributed by atoms with van der Waals surface area (Å²) in [6.45, 7) is 0. The van der Waals surface area contributed by atoms with E-state index in [0.29, 0.717) is 12.5 Å². The quantitative estimate of drug-likeness (QED) is 0.875. The lowest BCUT2D eigenvalue weighted by atomic mass is 10.0. The van der Waals surface area contributed by atoms with Gasteiger partial charge in [-0.1, -0.05) is 18.2 Å². The molecular weight excluding hydrogens is 250 g/mol. The van der Waals surface area contributed by atoms with Crippen molar-refractivity contribution in [1.82, 2.24) is 4.98 Å². The summed E-state index contributed by atoms with van der Waals surface area (Å²) < 4.78 is 5.70. The predicted octanol–water partition coefficient (Wildman–Crippen LogP) is 3.29. The summed E-state index contributed by atoms with van der Waals surface area (Å²) in [5, 5.41) is 10.2. The molecule has 20 heavy (non-hydrogen) atoms. The van der Waals surface area contributed by atoms with E-state index in [2.05, 4.69) is 4.98 Å². The summed E-state index contributed by atoms with van der Waals surface area (Å²) in [6.07, 6.45) is 5.53. The first kappa shape index (κ1) is 13.1. The van der Waals surface area contributed by atoms with Gasteiger partial charge in [0.25, 0.3) is 0 Å². The fourth-order valence-electron chi connectivity index (χ4n) is 2.14. The number of hydrogen-bond acceptors (Lipinski definition) is 3. The normalized spacial score (nSPS) is 15.8. The second-order valence-corrected chi connectivity index (χ2v) is 5.26. The van der Waals surface area contributed by atoms with Gasteiger partial charge in [-0.15, -0.1) is 0 Å². The molecule has 104 valence electrons. The van der Waals surface area contributed by atoms with Crippen LogP contribution >= 0.6 is 0 Å². The van der Waals surface area contributed by atoms with Crippen molar-refractivity contribution in [3.05, 3.63) is 59.9 Å². The fourth-order valence-corrected chi connectivity index (χ4v) is 2.14. The van der Waals surface area contributed by atoms with E-state index in [0.717, 1.165) is 36.3 Å². The van der Waals surface area contributed by atoms with Gasteiger partial charge in [-0.3, -0.25) is 4.98 Å². The Labute approximate surface area is 119 Å². The van der Waals surface area contributed by atoms with Gasteiger partial charge >= 0.3 is 0 Å². The SMILES string of the molecule is OC(CCc1ccccn1)c1ccc(OC2CC2)cc1. The maximum Gasteiger partial charge on any atom is 0.119 e. The van der Waals surface area contributed by atoms with Crippen molar-refractivity contribution in [1.29, 1.82) is 0 Å². The van der Waals surface area contributed by atoms with Gasteiger partial charge in [-0.25, -0.2) is 0 Å². The highest BCUT2D eigenvalue weighted by atomic mass is 16.5. The molecule has 1 atom stereocenters. The molecule has 1 aromatic carbocycles. The van der Waals surface area contributed by atoms with Gasteiger partial charge in [0.15, 0.2) is 0 Å². The Hall–Kier alpha value is -1.87. The summed E-state index contributed by atoms with van der Waals surface area (Å²) in [7, 11) is 0. The molecule has 0 amide bonds. The highest BCUT2D eigenvalue weighted by Crippen LogP contribution is 2.28. The Balaban J connectivity index is 1.54. The van der Waals surface area contributed by atoms with E-state index in [1.807, 2.05) is 42.5 Å². The maximum atomic E-state index is 10.2. The third-order valence-corrected chi connectivity index (χ3v) is 3.49. The van der Waals surface area contributed by atoms with Gasteiger partial charge in [-0.05, 0) is 55.5 Å². The molecule has 0 bridgehead atoms. The number of rotatable bonds is 6. The van der Waals surface area contributed by atoms with Crippen LogP contribution in [0.3, 0.4) is 0 Å². The van der Waals surface area contributed by atoms with Crippen LogP contribution in [-0.2, 0) is 6.42 Å². The number of aliphatic hydroxyl groups excluding tert-OH is 1. The van der Waals surface area contributed by atoms with Crippen LogP contribution in [0.15, 0.2) is 48.7 Å². The van der Waals surface area contributed by atoms with E-state index in [1.54, 1.807) is 6.20 Å². The summed E-state index contributed by atoms with van der Waals surface area (Å²) in [4.78, 5) is 4.27. The molecule has 1 aliphatic rings. The van der Waals surface area contributed by atoms with E-state index in [1.165, 1.54) is 0 Å². The molecule has 3 nitrogen and oxygen atoms in total. The number of aliphatic hydroxyl groups is 1. The summed E-state index contributed by atoms with van der Waals surface area (Å²) in [5.74, 6) is 0.896. The standard InChI is InChI=1S/C17H19NO2/c19-17(11-6-14-3-1-2-12-18-14)13-4-7-15(8-5-13)20-16-9-10-16/h1-5,7-8,12,16-17,19H,6,9-11H2. The largest absolute Gasteiger partial charge is 0.490 e. The highest BCUT2D eigenvalue weighted by Gasteiger charge is 2.23. The zero-order valence-corrected chi connectivity index (χ0v) is 11.4. The molecule has 0 radical (unpaired) electrons. The van der Waals surface area contributed by atoms with Crippen LogP contribution in [0.25, 0.3) is 0 Å². The van der Waals surface area contributed by atoms with Gasteiger partial charge in [0, 0.05) is 11.9 Å². The van der Waals surface area contributed by atoms with Crippen LogP contribution in [0.2, 0.25) is 0 Å². The molecule has 2 aromatic rings. The third-order valence-electron chi connectivity index (χ3n) is 3.49. The molecule has 1 fully saturated rings. The van der Waals surface area contributed by atoms with Gasteiger partial charge in [0.1, 0.15) is 5.75 Å². The molecule has 0 aliphatic heterocycles. The lowest BCUT2D eigenvalue weighted by Crippen LogP contribution is -2.01. The fraction of sp³-hybridized carbons (Fsp3) is 0.353. The van der Waals surface area contributed by atoms with E-state index < -0.39 is 6.10 Å². The van der Waals surface area contributed by atoms with Gasteiger partial charge in [-0.2, -0.15) is 0 Å². The monoisotopic (exact) mass is 269 g/mol. The summed E-state index contributed by atoms with van der Waals surface area (Å²) in [6, 6.07) is 13.6. The molecule has 0 saturated heterocycles. The minimum absolute atomic E-state index is 0.412. The highest BCUT2D eigenvalue weighted by molar-refractivity contribution is 5.29. The van der Waals surface area contributed by atoms with Crippen molar-refractivity contribution in [3.8, 4) is 5.75 Å². The molecule has 1 heterocycles. The van der Waals surface area contributed by atoms with Crippen molar-refractivity contribution in [2.45, 2.75) is 37.9 Å². The van der Waals surface area contributed by atoms with Crippen molar-refractivity contribution in [2.24, 2.45) is 0 Å². The first-order valence-electron chi connectivity index (χ1n) is 7.16. The van der Waals surface area contributed by atoms with E-state index in [4.69, 9.17) is 4.74 Å². The summed E-state index contributed by atoms with van der Waals surface area (Å²) >= 11 is 0. The number of nitrogens with zero attached hydrogens (tertiary/aromatic N) is 1. The first-order chi connectivity index (χ1) is 9.81. The molecule has 3 heteroatoms. The maximum absolute atomic E-state index is 10.2. The molecule has 1 N–H and O–H groups in total. The number of hydrogen-bond donors (Lipinski definition) is 1. The van der Waals surface area contributed by atoms with Crippen LogP contribution in [0, 0.1) is 0 Å². The number of aromatic nitrogens is 1. The van der Waals surface area contributed by atoms with Crippen LogP contribution in [0.1, 0.15) is 36.6 Å². The molecule has 0 spiro atoms. The van der Waals surface area contributed by atoms with Gasteiger partial charge in [0.05, 0.1) is 12.2 Å². The number of benzene rings is 1. The van der Waals surface area contributed by atoms with Crippen molar-refractivity contribution in [2.75, 3.05) is 0 Å². The topological polar surface area (TPSA) is 42.4 Å². The number of aryl methyl sites for hydroxylation is 1. The van der Waals surface area contributed by atoms with Crippen molar-refractivity contribution >= 4 is 0 Å². The zero-order chi connectivity index (χ0) is 13.8. The zero-order valence-electron chi connectivity index (χ0n) is 11.4. The number of ether oxygens (including phenoxy) is 1. The number of pyridine rings is 1. The smallest absolute Gasteiger partial charge is 0.119 e. The van der Waals surface area contributed by atoms with Gasteiger partial charge in [0.2, 0.25) is 0 Å². The Bertz CT molecular complexity index is 535. The molecule has 1 unspecified atom stereocenters. The second-order valence-electron chi connectivity index (χ2n) is 5.26. The lowest BCUT2D eigenvalue weighted by Gasteiger charge is -2.12.